The van der Waals surface area contributed by atoms with Gasteiger partial charge in [-0.15, -0.1) is 0 Å². The number of aryl methyl sites for hydroxylation is 1. The lowest BCUT2D eigenvalue weighted by atomic mass is 9.99. The Morgan fingerprint density at radius 2 is 1.55 bits per heavy atom. The lowest BCUT2D eigenvalue weighted by Gasteiger charge is -2.26. The molecule has 1 heterocycles. The zero-order valence-electron chi connectivity index (χ0n) is 17.5. The average Bonchev–Trinajstić information content (AvgIpc) is 2.81. The van der Waals surface area contributed by atoms with Gasteiger partial charge in [-0.1, -0.05) is 61.0 Å². The highest BCUT2D eigenvalue weighted by Gasteiger charge is 2.26. The van der Waals surface area contributed by atoms with E-state index >= 15 is 0 Å². The van der Waals surface area contributed by atoms with Crippen LogP contribution in [0.3, 0.4) is 0 Å². The van der Waals surface area contributed by atoms with Crippen LogP contribution in [0.15, 0.2) is 77.7 Å². The molecule has 1 aliphatic heterocycles. The van der Waals surface area contributed by atoms with Crippen LogP contribution >= 0.6 is 0 Å². The Balaban J connectivity index is 1.64. The molecule has 1 amide bonds. The summed E-state index contributed by atoms with van der Waals surface area (Å²) in [5.41, 5.74) is 3.63. The third-order valence-corrected chi connectivity index (χ3v) is 7.56. The maximum atomic E-state index is 13.2. The van der Waals surface area contributed by atoms with Crippen LogP contribution in [0.2, 0.25) is 0 Å². The first kappa shape index (κ1) is 21.3. The van der Waals surface area contributed by atoms with Gasteiger partial charge in [-0.2, -0.15) is 4.31 Å². The zero-order valence-corrected chi connectivity index (χ0v) is 18.4. The number of rotatable bonds is 5. The second-order valence-corrected chi connectivity index (χ2v) is 9.75. The first-order valence-electron chi connectivity index (χ1n) is 10.5. The van der Waals surface area contributed by atoms with E-state index in [4.69, 9.17) is 0 Å². The van der Waals surface area contributed by atoms with E-state index < -0.39 is 10.0 Å². The van der Waals surface area contributed by atoms with E-state index in [1.165, 1.54) is 4.31 Å². The molecule has 1 aliphatic rings. The van der Waals surface area contributed by atoms with Crippen molar-refractivity contribution in [3.63, 3.8) is 0 Å². The van der Waals surface area contributed by atoms with Gasteiger partial charge in [0.15, 0.2) is 0 Å². The molecule has 0 radical (unpaired) electrons. The van der Waals surface area contributed by atoms with Crippen molar-refractivity contribution in [2.75, 3.05) is 18.4 Å². The third-order valence-electron chi connectivity index (χ3n) is 5.67. The molecule has 5 nitrogen and oxygen atoms in total. The predicted octanol–water partition coefficient (Wildman–Crippen LogP) is 5.09. The standard InChI is InChI=1S/C25H26N2O3S/c1-19-14-15-21(31(29,30)27-16-8-3-9-17-27)18-24(19)26-25(28)23-13-7-6-12-22(23)20-10-4-2-5-11-20/h2,4-7,10-15,18H,3,8-9,16-17H2,1H3,(H,26,28). The second kappa shape index (κ2) is 9.04. The molecule has 6 heteroatoms. The number of hydrogen-bond acceptors (Lipinski definition) is 3. The number of carbonyl (C=O) groups is 1. The Kier molecular flexibility index (Phi) is 6.20. The molecule has 0 saturated carbocycles. The van der Waals surface area contributed by atoms with Crippen molar-refractivity contribution >= 4 is 21.6 Å². The van der Waals surface area contributed by atoms with Crippen LogP contribution in [0, 0.1) is 6.92 Å². The fourth-order valence-corrected chi connectivity index (χ4v) is 5.43. The van der Waals surface area contributed by atoms with E-state index in [0.717, 1.165) is 36.0 Å². The van der Waals surface area contributed by atoms with E-state index in [0.29, 0.717) is 24.3 Å². The first-order valence-corrected chi connectivity index (χ1v) is 12.0. The van der Waals surface area contributed by atoms with Crippen LogP contribution in [-0.4, -0.2) is 31.7 Å². The summed E-state index contributed by atoms with van der Waals surface area (Å²) in [5, 5.41) is 2.93. The van der Waals surface area contributed by atoms with Gasteiger partial charge in [0.05, 0.1) is 4.90 Å². The minimum absolute atomic E-state index is 0.214. The number of nitrogens with one attached hydrogen (secondary N) is 1. The summed E-state index contributed by atoms with van der Waals surface area (Å²) in [4.78, 5) is 13.4. The highest BCUT2D eigenvalue weighted by Crippen LogP contribution is 2.28. The van der Waals surface area contributed by atoms with E-state index in [9.17, 15) is 13.2 Å². The summed E-state index contributed by atoms with van der Waals surface area (Å²) in [6.45, 7) is 2.95. The second-order valence-electron chi connectivity index (χ2n) is 7.81. The van der Waals surface area contributed by atoms with Crippen LogP contribution in [0.25, 0.3) is 11.1 Å². The summed E-state index contributed by atoms with van der Waals surface area (Å²) in [6, 6.07) is 22.1. The number of hydrogen-bond donors (Lipinski definition) is 1. The van der Waals surface area contributed by atoms with Crippen molar-refractivity contribution in [3.05, 3.63) is 83.9 Å². The van der Waals surface area contributed by atoms with Gasteiger partial charge in [0, 0.05) is 24.3 Å². The van der Waals surface area contributed by atoms with Crippen molar-refractivity contribution in [3.8, 4) is 11.1 Å². The Labute approximate surface area is 183 Å². The molecule has 0 aromatic heterocycles. The van der Waals surface area contributed by atoms with Crippen LogP contribution in [-0.2, 0) is 10.0 Å². The average molecular weight is 435 g/mol. The molecular weight excluding hydrogens is 408 g/mol. The Hall–Kier alpha value is -2.96. The number of carbonyl (C=O) groups excluding carboxylic acids is 1. The summed E-state index contributed by atoms with van der Waals surface area (Å²) < 4.78 is 27.7. The van der Waals surface area contributed by atoms with Gasteiger partial charge < -0.3 is 5.32 Å². The van der Waals surface area contributed by atoms with Crippen molar-refractivity contribution in [2.45, 2.75) is 31.1 Å². The van der Waals surface area contributed by atoms with Gasteiger partial charge in [0.2, 0.25) is 10.0 Å². The molecular formula is C25H26N2O3S. The fraction of sp³-hybridized carbons (Fsp3) is 0.240. The molecule has 1 saturated heterocycles. The van der Waals surface area contributed by atoms with E-state index in [2.05, 4.69) is 5.32 Å². The van der Waals surface area contributed by atoms with Crippen molar-refractivity contribution in [1.29, 1.82) is 0 Å². The van der Waals surface area contributed by atoms with Crippen LogP contribution in [0.5, 0.6) is 0 Å². The number of anilines is 1. The zero-order chi connectivity index (χ0) is 21.8. The first-order chi connectivity index (χ1) is 15.0. The Bertz CT molecular complexity index is 1180. The largest absolute Gasteiger partial charge is 0.322 e. The lowest BCUT2D eigenvalue weighted by Crippen LogP contribution is -2.35. The quantitative estimate of drug-likeness (QED) is 0.608. The molecule has 1 N–H and O–H groups in total. The van der Waals surface area contributed by atoms with Crippen LogP contribution in [0.4, 0.5) is 5.69 Å². The van der Waals surface area contributed by atoms with Crippen LogP contribution in [0.1, 0.15) is 35.2 Å². The molecule has 1 fully saturated rings. The Morgan fingerprint density at radius 1 is 0.871 bits per heavy atom. The number of amides is 1. The summed E-state index contributed by atoms with van der Waals surface area (Å²) in [6.07, 6.45) is 2.82. The van der Waals surface area contributed by atoms with Gasteiger partial charge in [0.1, 0.15) is 0 Å². The summed E-state index contributed by atoms with van der Waals surface area (Å²) in [7, 11) is -3.57. The van der Waals surface area contributed by atoms with Crippen molar-refractivity contribution in [2.24, 2.45) is 0 Å². The van der Waals surface area contributed by atoms with E-state index in [1.807, 2.05) is 55.5 Å². The number of sulfonamides is 1. The Morgan fingerprint density at radius 3 is 2.29 bits per heavy atom. The number of benzene rings is 3. The molecule has 3 aromatic rings. The van der Waals surface area contributed by atoms with Crippen molar-refractivity contribution in [1.82, 2.24) is 4.31 Å². The monoisotopic (exact) mass is 434 g/mol. The normalized spacial score (nSPS) is 14.9. The molecule has 0 atom stereocenters. The smallest absolute Gasteiger partial charge is 0.256 e. The number of nitrogens with zero attached hydrogens (tertiary/aromatic N) is 1. The highest BCUT2D eigenvalue weighted by molar-refractivity contribution is 7.89. The maximum Gasteiger partial charge on any atom is 0.256 e. The maximum absolute atomic E-state index is 13.2. The molecule has 0 unspecified atom stereocenters. The minimum Gasteiger partial charge on any atom is -0.322 e. The van der Waals surface area contributed by atoms with Gasteiger partial charge >= 0.3 is 0 Å². The minimum atomic E-state index is -3.57. The molecule has 31 heavy (non-hydrogen) atoms. The van der Waals surface area contributed by atoms with Gasteiger partial charge in [-0.3, -0.25) is 4.79 Å². The van der Waals surface area contributed by atoms with Crippen molar-refractivity contribution < 1.29 is 13.2 Å². The van der Waals surface area contributed by atoms with Gasteiger partial charge in [-0.25, -0.2) is 8.42 Å². The van der Waals surface area contributed by atoms with Gasteiger partial charge in [0.25, 0.3) is 5.91 Å². The highest BCUT2D eigenvalue weighted by atomic mass is 32.2. The van der Waals surface area contributed by atoms with E-state index in [1.54, 1.807) is 24.3 Å². The topological polar surface area (TPSA) is 66.5 Å². The molecule has 3 aromatic carbocycles. The molecule has 160 valence electrons. The van der Waals surface area contributed by atoms with Gasteiger partial charge in [-0.05, 0) is 54.7 Å². The summed E-state index contributed by atoms with van der Waals surface area (Å²) >= 11 is 0. The fourth-order valence-electron chi connectivity index (χ4n) is 3.89. The SMILES string of the molecule is Cc1ccc(S(=O)(=O)N2CCCCC2)cc1NC(=O)c1ccccc1-c1ccccc1. The number of piperidine rings is 1. The lowest BCUT2D eigenvalue weighted by molar-refractivity contribution is 0.102. The molecule has 4 rings (SSSR count). The molecule has 0 spiro atoms. The molecule has 0 bridgehead atoms. The third kappa shape index (κ3) is 4.55. The molecule has 0 aliphatic carbocycles. The predicted molar refractivity (Wildman–Crippen MR) is 124 cm³/mol. The summed E-state index contributed by atoms with van der Waals surface area (Å²) in [5.74, 6) is -0.268. The van der Waals surface area contributed by atoms with Crippen LogP contribution < -0.4 is 5.32 Å². The van der Waals surface area contributed by atoms with E-state index in [-0.39, 0.29) is 10.8 Å².